The topological polar surface area (TPSA) is 34.1 Å². The largest absolute Gasteiger partial charge is 0.335 e. The lowest BCUT2D eigenvalue weighted by Gasteiger charge is -1.97. The minimum Gasteiger partial charge on any atom is -0.204 e. The fourth-order valence-electron chi connectivity index (χ4n) is 0.672. The lowest BCUT2D eigenvalue weighted by Crippen LogP contribution is -1.96. The van der Waals surface area contributed by atoms with Crippen LogP contribution in [-0.4, -0.2) is 8.42 Å². The molecule has 0 amide bonds. The summed E-state index contributed by atoms with van der Waals surface area (Å²) < 4.78 is 45.6. The van der Waals surface area contributed by atoms with E-state index in [4.69, 9.17) is 0 Å². The molecule has 0 fully saturated rings. The molecule has 0 N–H and O–H groups in total. The van der Waals surface area contributed by atoms with E-state index < -0.39 is 20.9 Å². The second-order valence-corrected chi connectivity index (χ2v) is 4.16. The summed E-state index contributed by atoms with van der Waals surface area (Å²) in [5.41, 5.74) is 0. The lowest BCUT2D eigenvalue weighted by molar-refractivity contribution is 0.531. The van der Waals surface area contributed by atoms with Gasteiger partial charge in [-0.1, -0.05) is 6.07 Å². The van der Waals surface area contributed by atoms with E-state index in [0.717, 1.165) is 6.07 Å². The molecule has 0 heterocycles. The predicted octanol–water partition coefficient (Wildman–Crippen LogP) is 2.25. The third kappa shape index (κ3) is 1.81. The first-order valence-corrected chi connectivity index (χ1v) is 4.99. The van der Waals surface area contributed by atoms with E-state index in [1.165, 1.54) is 12.1 Å². The summed E-state index contributed by atoms with van der Waals surface area (Å²) in [6.07, 6.45) is 0. The minimum absolute atomic E-state index is 0.0822. The molecule has 2 nitrogen and oxygen atoms in total. The first kappa shape index (κ1) is 9.60. The summed E-state index contributed by atoms with van der Waals surface area (Å²) in [6, 6.07) is 3.37. The Labute approximate surface area is 76.6 Å². The van der Waals surface area contributed by atoms with E-state index in [-0.39, 0.29) is 4.47 Å². The molecule has 0 spiro atoms. The van der Waals surface area contributed by atoms with Gasteiger partial charge in [0.25, 0.3) is 0 Å². The number of halogens is 3. The molecule has 0 radical (unpaired) electrons. The summed E-state index contributed by atoms with van der Waals surface area (Å²) in [5, 5.41) is 0. The minimum atomic E-state index is -4.96. The third-order valence-electron chi connectivity index (χ3n) is 1.18. The van der Waals surface area contributed by atoms with Gasteiger partial charge in [0, 0.05) is 0 Å². The third-order valence-corrected chi connectivity index (χ3v) is 2.63. The zero-order chi connectivity index (χ0) is 9.35. The number of rotatable bonds is 1. The Kier molecular flexibility index (Phi) is 2.48. The maximum absolute atomic E-state index is 12.8. The molecule has 0 aliphatic rings. The van der Waals surface area contributed by atoms with E-state index >= 15 is 0 Å². The van der Waals surface area contributed by atoms with Gasteiger partial charge in [-0.15, -0.1) is 3.89 Å². The van der Waals surface area contributed by atoms with Gasteiger partial charge in [0.15, 0.2) is 5.82 Å². The summed E-state index contributed by atoms with van der Waals surface area (Å²) in [6.45, 7) is 0. The molecule has 0 aliphatic heterocycles. The number of hydrogen-bond donors (Lipinski definition) is 0. The van der Waals surface area contributed by atoms with Gasteiger partial charge in [0.1, 0.15) is 4.90 Å². The first-order chi connectivity index (χ1) is 5.43. The van der Waals surface area contributed by atoms with Crippen molar-refractivity contribution in [2.45, 2.75) is 4.90 Å². The maximum Gasteiger partial charge on any atom is 0.335 e. The maximum atomic E-state index is 12.8. The Morgan fingerprint density at radius 1 is 1.33 bits per heavy atom. The zero-order valence-electron chi connectivity index (χ0n) is 5.59. The molecule has 12 heavy (non-hydrogen) atoms. The van der Waals surface area contributed by atoms with E-state index in [9.17, 15) is 16.7 Å². The van der Waals surface area contributed by atoms with Crippen LogP contribution in [0, 0.1) is 5.82 Å². The van der Waals surface area contributed by atoms with Crippen molar-refractivity contribution in [2.75, 3.05) is 0 Å². The van der Waals surface area contributed by atoms with Crippen molar-refractivity contribution < 1.29 is 16.7 Å². The van der Waals surface area contributed by atoms with Crippen LogP contribution in [0.4, 0.5) is 8.28 Å². The molecule has 0 saturated heterocycles. The molecular weight excluding hydrogens is 254 g/mol. The molecule has 0 unspecified atom stereocenters. The number of hydrogen-bond acceptors (Lipinski definition) is 2. The van der Waals surface area contributed by atoms with Crippen LogP contribution in [0.5, 0.6) is 0 Å². The summed E-state index contributed by atoms with van der Waals surface area (Å²) in [4.78, 5) is -0.947. The van der Waals surface area contributed by atoms with Crippen LogP contribution in [0.1, 0.15) is 0 Å². The molecule has 0 saturated carbocycles. The normalized spacial score (nSPS) is 11.6. The van der Waals surface area contributed by atoms with Crippen molar-refractivity contribution in [3.8, 4) is 0 Å². The van der Waals surface area contributed by atoms with Crippen LogP contribution >= 0.6 is 15.9 Å². The monoisotopic (exact) mass is 256 g/mol. The van der Waals surface area contributed by atoms with Gasteiger partial charge < -0.3 is 0 Å². The van der Waals surface area contributed by atoms with Gasteiger partial charge in [-0.25, -0.2) is 4.39 Å². The van der Waals surface area contributed by atoms with E-state index in [1.807, 2.05) is 0 Å². The Balaban J connectivity index is 3.47. The van der Waals surface area contributed by atoms with Gasteiger partial charge in [-0.05, 0) is 28.1 Å². The fourth-order valence-corrected chi connectivity index (χ4v) is 1.73. The van der Waals surface area contributed by atoms with Crippen LogP contribution in [0.25, 0.3) is 0 Å². The van der Waals surface area contributed by atoms with Gasteiger partial charge >= 0.3 is 10.2 Å². The Morgan fingerprint density at radius 2 is 1.92 bits per heavy atom. The van der Waals surface area contributed by atoms with Gasteiger partial charge in [-0.2, -0.15) is 8.42 Å². The molecule has 0 aliphatic carbocycles. The molecular formula is C6H3BrF2O2S. The molecule has 1 rings (SSSR count). The standard InChI is InChI=1S/C6H3BrF2O2S/c7-4-2-1-3-5(6(4)8)12(9,10)11/h1-3H. The Morgan fingerprint density at radius 3 is 2.33 bits per heavy atom. The van der Waals surface area contributed by atoms with Gasteiger partial charge in [0.05, 0.1) is 4.47 Å². The highest BCUT2D eigenvalue weighted by Gasteiger charge is 2.18. The SMILES string of the molecule is O=S(=O)(F)c1cccc(Br)c1F. The zero-order valence-corrected chi connectivity index (χ0v) is 7.99. The van der Waals surface area contributed by atoms with Crippen LogP contribution in [0.15, 0.2) is 27.6 Å². The highest BCUT2D eigenvalue weighted by molar-refractivity contribution is 9.10. The van der Waals surface area contributed by atoms with Crippen LogP contribution in [0.2, 0.25) is 0 Å². The van der Waals surface area contributed by atoms with Crippen molar-refractivity contribution in [3.63, 3.8) is 0 Å². The molecule has 1 aromatic carbocycles. The van der Waals surface area contributed by atoms with Crippen molar-refractivity contribution in [1.29, 1.82) is 0 Å². The second-order valence-electron chi connectivity index (χ2n) is 1.99. The van der Waals surface area contributed by atoms with E-state index in [1.54, 1.807) is 0 Å². The molecule has 1 aromatic rings. The smallest absolute Gasteiger partial charge is 0.204 e. The lowest BCUT2D eigenvalue weighted by atomic mass is 10.3. The van der Waals surface area contributed by atoms with E-state index in [0.29, 0.717) is 0 Å². The number of benzene rings is 1. The van der Waals surface area contributed by atoms with E-state index in [2.05, 4.69) is 15.9 Å². The highest BCUT2D eigenvalue weighted by atomic mass is 79.9. The molecule has 0 atom stereocenters. The fraction of sp³-hybridized carbons (Fsp3) is 0. The van der Waals surface area contributed by atoms with Gasteiger partial charge in [0.2, 0.25) is 0 Å². The Bertz CT molecular complexity index is 402. The first-order valence-electron chi connectivity index (χ1n) is 2.81. The second kappa shape index (κ2) is 3.10. The quantitative estimate of drug-likeness (QED) is 0.723. The van der Waals surface area contributed by atoms with Crippen LogP contribution in [0.3, 0.4) is 0 Å². The molecule has 6 heteroatoms. The van der Waals surface area contributed by atoms with Crippen molar-refractivity contribution in [2.24, 2.45) is 0 Å². The molecule has 66 valence electrons. The predicted molar refractivity (Wildman–Crippen MR) is 42.4 cm³/mol. The summed E-state index contributed by atoms with van der Waals surface area (Å²) in [7, 11) is -4.96. The van der Waals surface area contributed by atoms with Crippen molar-refractivity contribution >= 4 is 26.2 Å². The van der Waals surface area contributed by atoms with Gasteiger partial charge in [-0.3, -0.25) is 0 Å². The molecule has 0 bridgehead atoms. The Hall–Kier alpha value is -0.490. The van der Waals surface area contributed by atoms with Crippen molar-refractivity contribution in [3.05, 3.63) is 28.5 Å². The average molecular weight is 257 g/mol. The summed E-state index contributed by atoms with van der Waals surface area (Å²) >= 11 is 2.73. The van der Waals surface area contributed by atoms with Crippen molar-refractivity contribution in [1.82, 2.24) is 0 Å². The van der Waals surface area contributed by atoms with Crippen LogP contribution < -0.4 is 0 Å². The average Bonchev–Trinajstić information content (AvgIpc) is 1.92. The highest BCUT2D eigenvalue weighted by Crippen LogP contribution is 2.23. The summed E-state index contributed by atoms with van der Waals surface area (Å²) in [5.74, 6) is -1.11. The molecule has 0 aromatic heterocycles. The van der Waals surface area contributed by atoms with Crippen LogP contribution in [-0.2, 0) is 10.2 Å².